The quantitative estimate of drug-likeness (QED) is 0.0557. The van der Waals surface area contributed by atoms with Crippen LogP contribution in [0.15, 0.2) is 122 Å². The Balaban J connectivity index is 1.04. The maximum Gasteiger partial charge on any atom is 0.169 e. The first-order valence-electron chi connectivity index (χ1n) is 26.3. The molecule has 0 aliphatic carbocycles. The summed E-state index contributed by atoms with van der Waals surface area (Å²) < 4.78 is 2.36. The summed E-state index contributed by atoms with van der Waals surface area (Å²) in [5, 5.41) is 0. The Hall–Kier alpha value is -6.59. The van der Waals surface area contributed by atoms with E-state index in [-0.39, 0.29) is 0 Å². The second-order valence-corrected chi connectivity index (χ2v) is 19.7. The van der Waals surface area contributed by atoms with Crippen molar-refractivity contribution in [1.82, 2.24) is 19.9 Å². The minimum Gasteiger partial charge on any atom is -0.354 e. The maximum absolute atomic E-state index is 5.47. The molecule has 8 bridgehead atoms. The molecular weight excluding hydrogens is 839 g/mol. The molecule has 0 spiro atoms. The van der Waals surface area contributed by atoms with Gasteiger partial charge in [-0.25, -0.2) is 14.5 Å². The van der Waals surface area contributed by atoms with Gasteiger partial charge < -0.3 is 9.97 Å². The lowest BCUT2D eigenvalue weighted by Gasteiger charge is -2.07. The molecule has 2 N–H and O–H groups in total. The Labute approximate surface area is 411 Å². The lowest BCUT2D eigenvalue weighted by Crippen LogP contribution is -2.32. The molecule has 0 saturated heterocycles. The van der Waals surface area contributed by atoms with Crippen molar-refractivity contribution in [2.45, 2.75) is 137 Å². The molecule has 5 heteroatoms. The molecule has 5 nitrogen and oxygen atoms in total. The summed E-state index contributed by atoms with van der Waals surface area (Å²) in [6.45, 7) is 9.74. The first-order valence-corrected chi connectivity index (χ1v) is 26.3. The Morgan fingerprint density at radius 2 is 0.638 bits per heavy atom. The fourth-order valence-corrected chi connectivity index (χ4v) is 10.2. The van der Waals surface area contributed by atoms with E-state index in [2.05, 4.69) is 188 Å². The number of hydrogen-bond donors (Lipinski definition) is 2. The third-order valence-corrected chi connectivity index (χ3v) is 14.2. The lowest BCUT2D eigenvalue weighted by atomic mass is 10.0. The van der Waals surface area contributed by atoms with Crippen molar-refractivity contribution in [3.05, 3.63) is 161 Å². The van der Waals surface area contributed by atoms with E-state index in [0.717, 1.165) is 95.9 Å². The molecule has 6 heterocycles. The summed E-state index contributed by atoms with van der Waals surface area (Å²) in [5.74, 6) is 0. The highest BCUT2D eigenvalue weighted by atomic mass is 14.9. The highest BCUT2D eigenvalue weighted by Gasteiger charge is 2.20. The molecule has 9 rings (SSSR count). The third-order valence-electron chi connectivity index (χ3n) is 14.2. The Morgan fingerprint density at radius 1 is 0.333 bits per heavy atom. The van der Waals surface area contributed by atoms with Crippen LogP contribution in [0.4, 0.5) is 0 Å². The molecule has 0 fully saturated rings. The van der Waals surface area contributed by atoms with Crippen LogP contribution >= 0.6 is 0 Å². The van der Waals surface area contributed by atoms with Gasteiger partial charge in [-0.15, -0.1) is 0 Å². The van der Waals surface area contributed by atoms with Crippen molar-refractivity contribution in [3.8, 4) is 44.5 Å². The van der Waals surface area contributed by atoms with Gasteiger partial charge in [0.1, 0.15) is 6.54 Å². The van der Waals surface area contributed by atoms with Crippen molar-refractivity contribution >= 4 is 46.4 Å². The minimum absolute atomic E-state index is 0.894. The smallest absolute Gasteiger partial charge is 0.169 e. The number of aryl methyl sites for hydroxylation is 4. The monoisotopic (exact) mass is 911 g/mol. The van der Waals surface area contributed by atoms with Gasteiger partial charge in [-0.05, 0) is 98.0 Å². The van der Waals surface area contributed by atoms with Crippen LogP contribution in [0.3, 0.4) is 0 Å². The topological polar surface area (TPSA) is 61.2 Å². The van der Waals surface area contributed by atoms with E-state index in [0.29, 0.717) is 0 Å². The van der Waals surface area contributed by atoms with E-state index in [9.17, 15) is 0 Å². The van der Waals surface area contributed by atoms with Crippen LogP contribution in [0.2, 0.25) is 0 Å². The van der Waals surface area contributed by atoms with Crippen LogP contribution in [-0.4, -0.2) is 19.9 Å². The SMILES string of the molecule is CCCCCCCCCCCCCCCCCC[n+]1ccc(-c2c3ccc([nH]3)c(-c3ccc(C)cc3)c3nc(c(-c4ccc(C)cc4)c4nc(c(-c5ccc(C)cc5)c5ccc2[nH]5)C=C4)C=C3)cc1. The number of pyridine rings is 1. The van der Waals surface area contributed by atoms with Crippen LogP contribution in [0, 0.1) is 20.8 Å². The highest BCUT2D eigenvalue weighted by molar-refractivity contribution is 6.00. The molecule has 3 aromatic carbocycles. The van der Waals surface area contributed by atoms with Gasteiger partial charge in [0, 0.05) is 62.9 Å². The standard InChI is InChI=1S/C64H71N5/c1-5-6-7-8-9-10-11-12-13-14-15-16-17-18-19-20-43-69-44-41-52(42-45-69)64-59-39-37-57(67-59)62(50-29-23-47(3)24-30-50)55-35-33-53(65-55)61(49-27-21-46(2)22-28-49)54-34-36-56(66-54)63(58-38-40-60(64)68-58)51-31-25-48(4)26-32-51/h21-42,44-45H,5-20,43H2,1-4H3,(H,65,66,67,68)/p+1. The number of hydrogen-bond acceptors (Lipinski definition) is 2. The first kappa shape index (κ1) is 47.5. The van der Waals surface area contributed by atoms with Crippen LogP contribution in [-0.2, 0) is 6.54 Å². The average molecular weight is 911 g/mol. The molecule has 69 heavy (non-hydrogen) atoms. The Morgan fingerprint density at radius 3 is 1.01 bits per heavy atom. The van der Waals surface area contributed by atoms with Gasteiger partial charge in [-0.3, -0.25) is 0 Å². The van der Waals surface area contributed by atoms with Crippen molar-refractivity contribution in [1.29, 1.82) is 0 Å². The zero-order chi connectivity index (χ0) is 47.4. The first-order chi connectivity index (χ1) is 33.9. The molecule has 352 valence electrons. The normalized spacial score (nSPS) is 12.1. The third kappa shape index (κ3) is 11.8. The van der Waals surface area contributed by atoms with Gasteiger partial charge >= 0.3 is 0 Å². The predicted octanol–water partition coefficient (Wildman–Crippen LogP) is 17.8. The number of aromatic nitrogens is 5. The number of unbranched alkanes of at least 4 members (excludes halogenated alkanes) is 15. The summed E-state index contributed by atoms with van der Waals surface area (Å²) in [4.78, 5) is 18.8. The molecule has 0 unspecified atom stereocenters. The van der Waals surface area contributed by atoms with Crippen LogP contribution in [0.1, 0.15) is 149 Å². The van der Waals surface area contributed by atoms with Crippen LogP contribution in [0.25, 0.3) is 90.9 Å². The summed E-state index contributed by atoms with van der Waals surface area (Å²) in [7, 11) is 0. The summed E-state index contributed by atoms with van der Waals surface area (Å²) >= 11 is 0. The lowest BCUT2D eigenvalue weighted by molar-refractivity contribution is -0.697. The molecule has 7 aromatic rings. The molecule has 4 aromatic heterocycles. The average Bonchev–Trinajstić information content (AvgIpc) is 4.22. The van der Waals surface area contributed by atoms with E-state index in [1.54, 1.807) is 0 Å². The van der Waals surface area contributed by atoms with Gasteiger partial charge in [-0.2, -0.15) is 0 Å². The van der Waals surface area contributed by atoms with Crippen LogP contribution < -0.4 is 4.57 Å². The van der Waals surface area contributed by atoms with E-state index in [4.69, 9.17) is 9.97 Å². The number of nitrogens with zero attached hydrogens (tertiary/aromatic N) is 3. The molecule has 0 amide bonds. The van der Waals surface area contributed by atoms with Gasteiger partial charge in [0.25, 0.3) is 0 Å². The number of rotatable bonds is 21. The molecule has 2 aliphatic heterocycles. The maximum atomic E-state index is 5.47. The number of fused-ring (bicyclic) bond motifs is 8. The van der Waals surface area contributed by atoms with E-state index in [1.165, 1.54) is 119 Å². The minimum atomic E-state index is 0.894. The number of benzene rings is 3. The number of H-pyrrole nitrogens is 2. The van der Waals surface area contributed by atoms with Crippen molar-refractivity contribution < 1.29 is 4.57 Å². The Bertz CT molecular complexity index is 2890. The van der Waals surface area contributed by atoms with Gasteiger partial charge in [0.2, 0.25) is 0 Å². The second-order valence-electron chi connectivity index (χ2n) is 19.7. The largest absolute Gasteiger partial charge is 0.354 e. The predicted molar refractivity (Wildman–Crippen MR) is 295 cm³/mol. The number of nitrogens with one attached hydrogen (secondary N) is 2. The molecule has 0 saturated carbocycles. The molecule has 0 atom stereocenters. The fourth-order valence-electron chi connectivity index (χ4n) is 10.2. The summed E-state index contributed by atoms with van der Waals surface area (Å²) in [6.07, 6.45) is 35.3. The highest BCUT2D eigenvalue weighted by Crippen LogP contribution is 2.38. The zero-order valence-electron chi connectivity index (χ0n) is 41.7. The van der Waals surface area contributed by atoms with Crippen molar-refractivity contribution in [2.75, 3.05) is 0 Å². The fraction of sp³-hybridized carbons (Fsp3) is 0.328. The summed E-state index contributed by atoms with van der Waals surface area (Å²) in [5.41, 5.74) is 20.1. The zero-order valence-corrected chi connectivity index (χ0v) is 41.7. The van der Waals surface area contributed by atoms with Gasteiger partial charge in [0.15, 0.2) is 12.4 Å². The molecule has 0 radical (unpaired) electrons. The van der Waals surface area contributed by atoms with Gasteiger partial charge in [-0.1, -0.05) is 186 Å². The molecular formula is C64H72N5+. The Kier molecular flexibility index (Phi) is 15.9. The van der Waals surface area contributed by atoms with Crippen molar-refractivity contribution in [3.63, 3.8) is 0 Å². The second kappa shape index (κ2) is 23.1. The summed E-state index contributed by atoms with van der Waals surface area (Å²) in [6, 6.07) is 39.8. The number of aromatic amines is 2. The molecule has 2 aliphatic rings. The van der Waals surface area contributed by atoms with Crippen molar-refractivity contribution in [2.24, 2.45) is 0 Å². The van der Waals surface area contributed by atoms with Crippen LogP contribution in [0.5, 0.6) is 0 Å². The van der Waals surface area contributed by atoms with E-state index >= 15 is 0 Å². The van der Waals surface area contributed by atoms with Gasteiger partial charge in [0.05, 0.1) is 22.8 Å². The van der Waals surface area contributed by atoms with E-state index < -0.39 is 0 Å². The van der Waals surface area contributed by atoms with E-state index in [1.807, 2.05) is 0 Å².